The SMILES string of the molecule is CCCC(CCC)c1ccc(COc2ccc(C)cc2-c2csc(CN(C)S(=O)(=O)c3ccc(C(=O)O)cc3)n2)cc1. The topological polar surface area (TPSA) is 96.8 Å². The molecule has 0 unspecified atom stereocenters. The highest BCUT2D eigenvalue weighted by Gasteiger charge is 2.23. The van der Waals surface area contributed by atoms with Crippen LogP contribution in [0.4, 0.5) is 0 Å². The Balaban J connectivity index is 1.46. The van der Waals surface area contributed by atoms with Crippen molar-refractivity contribution in [2.75, 3.05) is 7.05 Å². The molecule has 0 aliphatic heterocycles. The van der Waals surface area contributed by atoms with E-state index < -0.39 is 16.0 Å². The van der Waals surface area contributed by atoms with Crippen LogP contribution in [-0.4, -0.2) is 35.8 Å². The molecule has 1 aromatic heterocycles. The molecular formula is C33H38N2O5S2. The van der Waals surface area contributed by atoms with Crippen LogP contribution in [0.15, 0.2) is 77.0 Å². The lowest BCUT2D eigenvalue weighted by Gasteiger charge is -2.17. The van der Waals surface area contributed by atoms with Crippen LogP contribution in [0.5, 0.6) is 5.75 Å². The highest BCUT2D eigenvalue weighted by atomic mass is 32.2. The van der Waals surface area contributed by atoms with Crippen molar-refractivity contribution in [3.63, 3.8) is 0 Å². The first kappa shape index (κ1) is 31.4. The number of thiazole rings is 1. The Morgan fingerprint density at radius 3 is 2.29 bits per heavy atom. The van der Waals surface area contributed by atoms with Gasteiger partial charge in [-0.15, -0.1) is 11.3 Å². The Morgan fingerprint density at radius 1 is 1.00 bits per heavy atom. The molecule has 9 heteroatoms. The number of nitrogens with zero attached hydrogens (tertiary/aromatic N) is 2. The molecule has 0 aliphatic carbocycles. The fourth-order valence-corrected chi connectivity index (χ4v) is 6.98. The van der Waals surface area contributed by atoms with E-state index in [0.717, 1.165) is 28.1 Å². The van der Waals surface area contributed by atoms with Gasteiger partial charge < -0.3 is 9.84 Å². The fraction of sp³-hybridized carbons (Fsp3) is 0.333. The lowest BCUT2D eigenvalue weighted by Crippen LogP contribution is -2.26. The molecule has 0 atom stereocenters. The Kier molecular flexibility index (Phi) is 10.5. The zero-order chi connectivity index (χ0) is 30.3. The van der Waals surface area contributed by atoms with Gasteiger partial charge in [-0.3, -0.25) is 0 Å². The minimum atomic E-state index is -3.82. The van der Waals surface area contributed by atoms with Gasteiger partial charge in [0.25, 0.3) is 0 Å². The molecule has 4 rings (SSSR count). The molecule has 0 amide bonds. The number of carbonyl (C=O) groups is 1. The van der Waals surface area contributed by atoms with Crippen LogP contribution in [0, 0.1) is 6.92 Å². The summed E-state index contributed by atoms with van der Waals surface area (Å²) >= 11 is 1.38. The quantitative estimate of drug-likeness (QED) is 0.157. The third-order valence-electron chi connectivity index (χ3n) is 7.25. The van der Waals surface area contributed by atoms with E-state index in [-0.39, 0.29) is 17.0 Å². The predicted molar refractivity (Wildman–Crippen MR) is 168 cm³/mol. The summed E-state index contributed by atoms with van der Waals surface area (Å²) in [5.74, 6) is 0.211. The van der Waals surface area contributed by atoms with Gasteiger partial charge in [0.15, 0.2) is 0 Å². The van der Waals surface area contributed by atoms with Gasteiger partial charge in [0.05, 0.1) is 22.7 Å². The summed E-state index contributed by atoms with van der Waals surface area (Å²) < 4.78 is 33.6. The minimum Gasteiger partial charge on any atom is -0.488 e. The molecule has 0 aliphatic rings. The number of sulfonamides is 1. The van der Waals surface area contributed by atoms with Gasteiger partial charge >= 0.3 is 5.97 Å². The minimum absolute atomic E-state index is 0.0282. The van der Waals surface area contributed by atoms with Gasteiger partial charge in [-0.2, -0.15) is 4.31 Å². The van der Waals surface area contributed by atoms with E-state index in [1.54, 1.807) is 0 Å². The van der Waals surface area contributed by atoms with Gasteiger partial charge in [-0.25, -0.2) is 18.2 Å². The van der Waals surface area contributed by atoms with Crippen LogP contribution in [0.1, 0.15) is 77.5 Å². The molecular weight excluding hydrogens is 569 g/mol. The maximum absolute atomic E-state index is 13.1. The monoisotopic (exact) mass is 606 g/mol. The molecule has 42 heavy (non-hydrogen) atoms. The van der Waals surface area contributed by atoms with Crippen LogP contribution < -0.4 is 4.74 Å². The van der Waals surface area contributed by atoms with Gasteiger partial charge in [0.2, 0.25) is 10.0 Å². The van der Waals surface area contributed by atoms with Crippen molar-refractivity contribution in [2.24, 2.45) is 0 Å². The largest absolute Gasteiger partial charge is 0.488 e. The second-order valence-electron chi connectivity index (χ2n) is 10.5. The lowest BCUT2D eigenvalue weighted by molar-refractivity contribution is 0.0696. The third kappa shape index (κ3) is 7.65. The second-order valence-corrected chi connectivity index (χ2v) is 13.5. The van der Waals surface area contributed by atoms with Crippen molar-refractivity contribution >= 4 is 27.3 Å². The van der Waals surface area contributed by atoms with Crippen molar-refractivity contribution in [1.82, 2.24) is 9.29 Å². The number of aromatic carboxylic acids is 1. The Hall–Kier alpha value is -3.53. The number of carboxylic acid groups (broad SMARTS) is 1. The Morgan fingerprint density at radius 2 is 1.67 bits per heavy atom. The summed E-state index contributed by atoms with van der Waals surface area (Å²) in [6, 6.07) is 19.9. The summed E-state index contributed by atoms with van der Waals surface area (Å²) in [5.41, 5.74) is 5.16. The highest BCUT2D eigenvalue weighted by molar-refractivity contribution is 7.89. The number of hydrogen-bond donors (Lipinski definition) is 1. The lowest BCUT2D eigenvalue weighted by atomic mass is 9.90. The molecule has 0 saturated carbocycles. The zero-order valence-electron chi connectivity index (χ0n) is 24.5. The van der Waals surface area contributed by atoms with Crippen molar-refractivity contribution in [3.8, 4) is 17.0 Å². The normalized spacial score (nSPS) is 11.8. The number of hydrogen-bond acceptors (Lipinski definition) is 6. The maximum atomic E-state index is 13.1. The van der Waals surface area contributed by atoms with Crippen LogP contribution in [0.25, 0.3) is 11.3 Å². The molecule has 1 N–H and O–H groups in total. The maximum Gasteiger partial charge on any atom is 0.335 e. The first-order valence-corrected chi connectivity index (χ1v) is 16.5. The Bertz CT molecular complexity index is 1590. The second kappa shape index (κ2) is 14.1. The number of ether oxygens (including phenoxy) is 1. The van der Waals surface area contributed by atoms with Crippen LogP contribution in [0.3, 0.4) is 0 Å². The molecule has 0 saturated heterocycles. The van der Waals surface area contributed by atoms with Crippen molar-refractivity contribution in [1.29, 1.82) is 0 Å². The predicted octanol–water partition coefficient (Wildman–Crippen LogP) is 7.90. The molecule has 0 fully saturated rings. The molecule has 1 heterocycles. The number of carboxylic acids is 1. The average molecular weight is 607 g/mol. The summed E-state index contributed by atoms with van der Waals surface area (Å²) in [7, 11) is -2.34. The van der Waals surface area contributed by atoms with Gasteiger partial charge in [0.1, 0.15) is 17.4 Å². The van der Waals surface area contributed by atoms with Gasteiger partial charge in [0, 0.05) is 18.0 Å². The van der Waals surface area contributed by atoms with Gasteiger partial charge in [-0.05, 0) is 73.2 Å². The molecule has 0 spiro atoms. The van der Waals surface area contributed by atoms with E-state index in [1.165, 1.54) is 78.2 Å². The Labute approximate surface area is 252 Å². The molecule has 0 radical (unpaired) electrons. The number of rotatable bonds is 14. The fourth-order valence-electron chi connectivity index (χ4n) is 4.92. The summed E-state index contributed by atoms with van der Waals surface area (Å²) in [6.45, 7) is 7.00. The number of aromatic nitrogens is 1. The first-order valence-electron chi connectivity index (χ1n) is 14.2. The van der Waals surface area contributed by atoms with E-state index in [9.17, 15) is 13.2 Å². The van der Waals surface area contributed by atoms with Crippen LogP contribution in [0.2, 0.25) is 0 Å². The highest BCUT2D eigenvalue weighted by Crippen LogP contribution is 2.33. The average Bonchev–Trinajstić information content (AvgIpc) is 3.45. The number of benzene rings is 3. The molecule has 222 valence electrons. The van der Waals surface area contributed by atoms with E-state index in [4.69, 9.17) is 14.8 Å². The van der Waals surface area contributed by atoms with Crippen molar-refractivity contribution < 1.29 is 23.1 Å². The first-order chi connectivity index (χ1) is 20.1. The van der Waals surface area contributed by atoms with Crippen LogP contribution in [-0.2, 0) is 23.2 Å². The standard InChI is InChI=1S/C33H38N2O5S2/c1-5-7-25(8-6-2)26-12-10-24(11-13-26)21-40-31-18-9-23(3)19-29(31)30-22-41-32(34-30)20-35(4)42(38,39)28-16-14-27(15-17-28)33(36)37/h9-19,22,25H,5-8,20-21H2,1-4H3,(H,36,37). The van der Waals surface area contributed by atoms with E-state index >= 15 is 0 Å². The molecule has 3 aromatic carbocycles. The summed E-state index contributed by atoms with van der Waals surface area (Å²) in [4.78, 5) is 15.9. The van der Waals surface area contributed by atoms with E-state index in [2.05, 4.69) is 38.1 Å². The third-order valence-corrected chi connectivity index (χ3v) is 9.90. The summed E-state index contributed by atoms with van der Waals surface area (Å²) in [5, 5.41) is 11.6. The van der Waals surface area contributed by atoms with Crippen molar-refractivity contribution in [2.45, 2.75) is 70.4 Å². The summed E-state index contributed by atoms with van der Waals surface area (Å²) in [6.07, 6.45) is 4.76. The molecule has 0 bridgehead atoms. The van der Waals surface area contributed by atoms with E-state index in [0.29, 0.717) is 17.5 Å². The molecule has 4 aromatic rings. The molecule has 7 nitrogen and oxygen atoms in total. The van der Waals surface area contributed by atoms with E-state index in [1.807, 2.05) is 30.5 Å². The zero-order valence-corrected chi connectivity index (χ0v) is 26.2. The smallest absolute Gasteiger partial charge is 0.335 e. The van der Waals surface area contributed by atoms with Crippen LogP contribution >= 0.6 is 11.3 Å². The van der Waals surface area contributed by atoms with Gasteiger partial charge in [-0.1, -0.05) is 62.6 Å². The number of aryl methyl sites for hydroxylation is 1. The van der Waals surface area contributed by atoms with Crippen molar-refractivity contribution in [3.05, 3.63) is 99.4 Å².